The second-order valence-corrected chi connectivity index (χ2v) is 8.70. The molecule has 1 aromatic carbocycles. The molecule has 10 nitrogen and oxygen atoms in total. The number of rotatable bonds is 7. The lowest BCUT2D eigenvalue weighted by atomic mass is 10.0. The lowest BCUT2D eigenvalue weighted by molar-refractivity contribution is -0.274. The molecule has 0 fully saturated rings. The number of anilines is 1. The maximum atomic E-state index is 13.5. The molecule has 0 radical (unpaired) electrons. The molecule has 1 unspecified atom stereocenters. The number of para-hydroxylation sites is 1. The fourth-order valence-electron chi connectivity index (χ4n) is 4.30. The Kier molecular flexibility index (Phi) is 7.46. The van der Waals surface area contributed by atoms with E-state index in [4.69, 9.17) is 9.47 Å². The summed E-state index contributed by atoms with van der Waals surface area (Å²) in [4.78, 5) is 32.2. The molecule has 0 bridgehead atoms. The van der Waals surface area contributed by atoms with Crippen molar-refractivity contribution in [2.45, 2.75) is 38.7 Å². The van der Waals surface area contributed by atoms with Gasteiger partial charge in [-0.05, 0) is 32.4 Å². The molecule has 0 saturated heterocycles. The summed E-state index contributed by atoms with van der Waals surface area (Å²) in [6, 6.07) is 5.87. The molecule has 1 aliphatic rings. The van der Waals surface area contributed by atoms with Crippen molar-refractivity contribution in [2.24, 2.45) is 0 Å². The standard InChI is InChI=1S/C25H26F3N5O5/c1-14(2)33-21-17(31-22(34)16-7-5-6-8-19(16)38-25(26,27)28)9-10-32(18(21)13-30-33)24(35)15-11-20(36-3)23(37-4)29-12-15/h5-8,11-14,17H,9-10H2,1-4H3,(H,31,34). The second-order valence-electron chi connectivity index (χ2n) is 8.70. The van der Waals surface area contributed by atoms with Crippen LogP contribution in [0.4, 0.5) is 18.9 Å². The molecule has 1 atom stereocenters. The lowest BCUT2D eigenvalue weighted by Gasteiger charge is -2.33. The Labute approximate surface area is 216 Å². The summed E-state index contributed by atoms with van der Waals surface area (Å²) < 4.78 is 54.7. The van der Waals surface area contributed by atoms with Crippen LogP contribution in [0, 0.1) is 0 Å². The molecule has 38 heavy (non-hydrogen) atoms. The SMILES string of the molecule is COc1cc(C(=O)N2CCC(NC(=O)c3ccccc3OC(F)(F)F)c3c2cnn3C(C)C)cnc1OC. The molecule has 1 N–H and O–H groups in total. The Morgan fingerprint density at radius 3 is 2.50 bits per heavy atom. The maximum absolute atomic E-state index is 13.5. The van der Waals surface area contributed by atoms with Crippen molar-refractivity contribution in [1.82, 2.24) is 20.1 Å². The quantitative estimate of drug-likeness (QED) is 0.483. The molecule has 202 valence electrons. The summed E-state index contributed by atoms with van der Waals surface area (Å²) in [6.45, 7) is 3.98. The number of benzene rings is 1. The van der Waals surface area contributed by atoms with Gasteiger partial charge in [0.25, 0.3) is 17.7 Å². The van der Waals surface area contributed by atoms with Crippen LogP contribution in [-0.4, -0.2) is 53.7 Å². The maximum Gasteiger partial charge on any atom is 0.573 e. The van der Waals surface area contributed by atoms with Gasteiger partial charge in [0.1, 0.15) is 5.75 Å². The van der Waals surface area contributed by atoms with Crippen molar-refractivity contribution in [2.75, 3.05) is 25.7 Å². The number of hydrogen-bond donors (Lipinski definition) is 1. The first-order valence-electron chi connectivity index (χ1n) is 11.7. The van der Waals surface area contributed by atoms with Gasteiger partial charge >= 0.3 is 6.36 Å². The van der Waals surface area contributed by atoms with Gasteiger partial charge in [-0.3, -0.25) is 14.3 Å². The van der Waals surface area contributed by atoms with E-state index in [1.807, 2.05) is 13.8 Å². The minimum atomic E-state index is -4.95. The Hall–Kier alpha value is -4.29. The van der Waals surface area contributed by atoms with Gasteiger partial charge in [0.2, 0.25) is 0 Å². The number of alkyl halides is 3. The number of methoxy groups -OCH3 is 2. The first kappa shape index (κ1) is 26.8. The van der Waals surface area contributed by atoms with Crippen molar-refractivity contribution >= 4 is 17.5 Å². The molecular weight excluding hydrogens is 507 g/mol. The van der Waals surface area contributed by atoms with Crippen LogP contribution in [0.3, 0.4) is 0 Å². The average Bonchev–Trinajstić information content (AvgIpc) is 3.33. The predicted molar refractivity (Wildman–Crippen MR) is 130 cm³/mol. The van der Waals surface area contributed by atoms with E-state index in [1.54, 1.807) is 4.68 Å². The van der Waals surface area contributed by atoms with Gasteiger partial charge in [0.15, 0.2) is 5.75 Å². The van der Waals surface area contributed by atoms with E-state index < -0.39 is 24.1 Å². The van der Waals surface area contributed by atoms with Gasteiger partial charge in [-0.25, -0.2) is 4.98 Å². The van der Waals surface area contributed by atoms with E-state index in [0.717, 1.165) is 6.07 Å². The predicted octanol–water partition coefficient (Wildman–Crippen LogP) is 4.30. The smallest absolute Gasteiger partial charge is 0.491 e. The van der Waals surface area contributed by atoms with Gasteiger partial charge in [-0.1, -0.05) is 12.1 Å². The van der Waals surface area contributed by atoms with Gasteiger partial charge in [0, 0.05) is 24.8 Å². The summed E-state index contributed by atoms with van der Waals surface area (Å²) in [5.74, 6) is -1.20. The van der Waals surface area contributed by atoms with Crippen molar-refractivity contribution < 1.29 is 37.0 Å². The molecule has 1 aliphatic heterocycles. The fraction of sp³-hybridized carbons (Fsp3) is 0.360. The molecule has 13 heteroatoms. The topological polar surface area (TPSA) is 108 Å². The van der Waals surface area contributed by atoms with Crippen LogP contribution in [0.25, 0.3) is 0 Å². The molecule has 2 aromatic heterocycles. The summed E-state index contributed by atoms with van der Waals surface area (Å²) in [6.07, 6.45) is -1.77. The summed E-state index contributed by atoms with van der Waals surface area (Å²) in [5.41, 5.74) is 1.01. The lowest BCUT2D eigenvalue weighted by Crippen LogP contribution is -2.42. The van der Waals surface area contributed by atoms with Crippen LogP contribution in [0.15, 0.2) is 42.7 Å². The monoisotopic (exact) mass is 533 g/mol. The third kappa shape index (κ3) is 5.36. The van der Waals surface area contributed by atoms with Crippen LogP contribution >= 0.6 is 0 Å². The van der Waals surface area contributed by atoms with Gasteiger partial charge < -0.3 is 24.4 Å². The van der Waals surface area contributed by atoms with Crippen molar-refractivity contribution in [3.05, 3.63) is 59.5 Å². The Morgan fingerprint density at radius 2 is 1.84 bits per heavy atom. The zero-order chi connectivity index (χ0) is 27.6. The Bertz CT molecular complexity index is 1340. The molecule has 2 amide bonds. The van der Waals surface area contributed by atoms with E-state index >= 15 is 0 Å². The van der Waals surface area contributed by atoms with E-state index in [2.05, 4.69) is 20.1 Å². The van der Waals surface area contributed by atoms with E-state index in [1.165, 1.54) is 55.8 Å². The van der Waals surface area contributed by atoms with E-state index in [9.17, 15) is 22.8 Å². The zero-order valence-corrected chi connectivity index (χ0v) is 21.1. The summed E-state index contributed by atoms with van der Waals surface area (Å²) >= 11 is 0. The molecule has 4 rings (SSSR count). The highest BCUT2D eigenvalue weighted by molar-refractivity contribution is 6.07. The number of amides is 2. The van der Waals surface area contributed by atoms with Crippen molar-refractivity contribution in [1.29, 1.82) is 0 Å². The second kappa shape index (κ2) is 10.6. The largest absolute Gasteiger partial charge is 0.573 e. The van der Waals surface area contributed by atoms with Crippen LogP contribution in [0.1, 0.15) is 58.8 Å². The van der Waals surface area contributed by atoms with E-state index in [-0.39, 0.29) is 41.9 Å². The number of nitrogens with zero attached hydrogens (tertiary/aromatic N) is 4. The molecule has 3 heterocycles. The molecule has 0 aliphatic carbocycles. The van der Waals surface area contributed by atoms with Crippen LogP contribution in [-0.2, 0) is 0 Å². The highest BCUT2D eigenvalue weighted by atomic mass is 19.4. The van der Waals surface area contributed by atoms with E-state index in [0.29, 0.717) is 17.1 Å². The van der Waals surface area contributed by atoms with Crippen LogP contribution in [0.5, 0.6) is 17.4 Å². The zero-order valence-electron chi connectivity index (χ0n) is 21.1. The van der Waals surface area contributed by atoms with Crippen LogP contribution in [0.2, 0.25) is 0 Å². The highest BCUT2D eigenvalue weighted by Crippen LogP contribution is 2.37. The van der Waals surface area contributed by atoms with Crippen molar-refractivity contribution in [3.63, 3.8) is 0 Å². The minimum absolute atomic E-state index is 0.128. The number of carbonyl (C=O) groups excluding carboxylic acids is 2. The van der Waals surface area contributed by atoms with Crippen molar-refractivity contribution in [3.8, 4) is 17.4 Å². The molecule has 3 aromatic rings. The minimum Gasteiger partial charge on any atom is -0.491 e. The number of carbonyl (C=O) groups is 2. The van der Waals surface area contributed by atoms with Crippen LogP contribution < -0.4 is 24.4 Å². The number of pyridine rings is 1. The fourth-order valence-corrected chi connectivity index (χ4v) is 4.30. The number of ether oxygens (including phenoxy) is 3. The van der Waals surface area contributed by atoms with Gasteiger partial charge in [-0.15, -0.1) is 13.2 Å². The molecule has 0 saturated carbocycles. The Balaban J connectivity index is 1.65. The normalized spacial score (nSPS) is 15.2. The average molecular weight is 534 g/mol. The number of hydrogen-bond acceptors (Lipinski definition) is 7. The number of nitrogens with one attached hydrogen (secondary N) is 1. The third-order valence-electron chi connectivity index (χ3n) is 5.95. The molecular formula is C25H26F3N5O5. The van der Waals surface area contributed by atoms with Gasteiger partial charge in [-0.2, -0.15) is 5.10 Å². The first-order chi connectivity index (χ1) is 18.0. The number of halogens is 3. The van der Waals surface area contributed by atoms with Gasteiger partial charge in [0.05, 0.1) is 49.0 Å². The highest BCUT2D eigenvalue weighted by Gasteiger charge is 2.36. The summed E-state index contributed by atoms with van der Waals surface area (Å²) in [7, 11) is 2.87. The third-order valence-corrected chi connectivity index (χ3v) is 5.95. The number of fused-ring (bicyclic) bond motifs is 1. The number of aromatic nitrogens is 3. The summed E-state index contributed by atoms with van der Waals surface area (Å²) in [5, 5.41) is 7.22. The molecule has 0 spiro atoms. The first-order valence-corrected chi connectivity index (χ1v) is 11.7. The Morgan fingerprint density at radius 1 is 1.11 bits per heavy atom.